The second-order valence-electron chi connectivity index (χ2n) is 3.10. The Kier molecular flexibility index (Phi) is 4.15. The van der Waals surface area contributed by atoms with Gasteiger partial charge in [0.1, 0.15) is 0 Å². The number of nitrogens with zero attached hydrogens (tertiary/aromatic N) is 3. The van der Waals surface area contributed by atoms with Crippen LogP contribution in [0.25, 0.3) is 5.65 Å². The highest BCUT2D eigenvalue weighted by atomic mass is 32.2. The van der Waals surface area contributed by atoms with Crippen molar-refractivity contribution in [3.63, 3.8) is 0 Å². The third-order valence-corrected chi connectivity index (χ3v) is 2.88. The highest BCUT2D eigenvalue weighted by molar-refractivity contribution is 7.99. The van der Waals surface area contributed by atoms with Gasteiger partial charge >= 0.3 is 0 Å². The Morgan fingerprint density at radius 1 is 1.31 bits per heavy atom. The summed E-state index contributed by atoms with van der Waals surface area (Å²) in [5, 5.41) is 17.5. The zero-order chi connectivity index (χ0) is 11.2. The van der Waals surface area contributed by atoms with Crippen molar-refractivity contribution in [1.82, 2.24) is 14.6 Å². The van der Waals surface area contributed by atoms with E-state index in [1.165, 1.54) is 0 Å². The van der Waals surface area contributed by atoms with Gasteiger partial charge in [0, 0.05) is 11.9 Å². The second-order valence-corrected chi connectivity index (χ2v) is 4.16. The molecule has 6 heteroatoms. The van der Waals surface area contributed by atoms with E-state index in [2.05, 4.69) is 10.2 Å². The molecule has 0 aliphatic heterocycles. The lowest BCUT2D eigenvalue weighted by Crippen LogP contribution is -2.02. The first-order chi connectivity index (χ1) is 7.92. The number of hydrogen-bond acceptors (Lipinski definition) is 5. The number of aliphatic hydroxyl groups excluding tert-OH is 1. The zero-order valence-corrected chi connectivity index (χ0v) is 9.56. The molecule has 0 radical (unpaired) electrons. The maximum atomic E-state index is 8.53. The van der Waals surface area contributed by atoms with Gasteiger partial charge < -0.3 is 9.84 Å². The lowest BCUT2D eigenvalue weighted by molar-refractivity contribution is 0.103. The summed E-state index contributed by atoms with van der Waals surface area (Å²) in [6.45, 7) is 1.06. The van der Waals surface area contributed by atoms with E-state index in [0.29, 0.717) is 13.2 Å². The molecule has 0 aliphatic rings. The molecule has 16 heavy (non-hydrogen) atoms. The molecule has 0 saturated carbocycles. The fourth-order valence-corrected chi connectivity index (χ4v) is 2.05. The molecule has 0 atom stereocenters. The molecule has 2 heterocycles. The van der Waals surface area contributed by atoms with Crippen molar-refractivity contribution < 1.29 is 9.84 Å². The second kappa shape index (κ2) is 5.83. The largest absolute Gasteiger partial charge is 0.394 e. The van der Waals surface area contributed by atoms with Crippen LogP contribution in [0.1, 0.15) is 0 Å². The van der Waals surface area contributed by atoms with E-state index >= 15 is 0 Å². The Morgan fingerprint density at radius 3 is 3.12 bits per heavy atom. The normalized spacial score (nSPS) is 11.1. The third-order valence-electron chi connectivity index (χ3n) is 1.98. The first-order valence-corrected chi connectivity index (χ1v) is 6.01. The van der Waals surface area contributed by atoms with Crippen molar-refractivity contribution in [3.05, 3.63) is 24.4 Å². The molecule has 2 aromatic rings. The van der Waals surface area contributed by atoms with Crippen LogP contribution in [0.3, 0.4) is 0 Å². The minimum Gasteiger partial charge on any atom is -0.394 e. The van der Waals surface area contributed by atoms with Gasteiger partial charge in [-0.05, 0) is 12.1 Å². The van der Waals surface area contributed by atoms with Crippen LogP contribution in [-0.4, -0.2) is 45.3 Å². The van der Waals surface area contributed by atoms with E-state index in [9.17, 15) is 0 Å². The van der Waals surface area contributed by atoms with E-state index in [1.807, 2.05) is 28.8 Å². The summed E-state index contributed by atoms with van der Waals surface area (Å²) >= 11 is 1.59. The summed E-state index contributed by atoms with van der Waals surface area (Å²) in [5.41, 5.74) is 0.848. The molecule has 2 rings (SSSR count). The summed E-state index contributed by atoms with van der Waals surface area (Å²) in [4.78, 5) is 0. The smallest absolute Gasteiger partial charge is 0.195 e. The molecule has 0 fully saturated rings. The molecule has 86 valence electrons. The molecule has 0 saturated heterocycles. The minimum atomic E-state index is 0.0680. The van der Waals surface area contributed by atoms with Crippen LogP contribution in [0.4, 0.5) is 0 Å². The van der Waals surface area contributed by atoms with Crippen LogP contribution >= 0.6 is 11.8 Å². The van der Waals surface area contributed by atoms with Crippen molar-refractivity contribution in [1.29, 1.82) is 0 Å². The van der Waals surface area contributed by atoms with Crippen LogP contribution in [-0.2, 0) is 4.74 Å². The fraction of sp³-hybridized carbons (Fsp3) is 0.400. The maximum Gasteiger partial charge on any atom is 0.195 e. The number of ether oxygens (including phenoxy) is 1. The molecule has 1 N–H and O–H groups in total. The van der Waals surface area contributed by atoms with Crippen molar-refractivity contribution >= 4 is 17.4 Å². The quantitative estimate of drug-likeness (QED) is 0.597. The average molecular weight is 239 g/mol. The van der Waals surface area contributed by atoms with Crippen LogP contribution < -0.4 is 0 Å². The first kappa shape index (κ1) is 11.4. The molecule has 0 aliphatic carbocycles. The summed E-state index contributed by atoms with van der Waals surface area (Å²) in [6, 6.07) is 5.80. The molecule has 0 spiro atoms. The van der Waals surface area contributed by atoms with Gasteiger partial charge in [-0.1, -0.05) is 17.8 Å². The number of rotatable bonds is 6. The van der Waals surface area contributed by atoms with E-state index in [0.717, 1.165) is 16.6 Å². The van der Waals surface area contributed by atoms with E-state index in [-0.39, 0.29) is 6.61 Å². The Hall–Kier alpha value is -1.11. The van der Waals surface area contributed by atoms with Crippen molar-refractivity contribution in [2.45, 2.75) is 5.16 Å². The number of hydrogen-bond donors (Lipinski definition) is 1. The van der Waals surface area contributed by atoms with Crippen molar-refractivity contribution in [3.8, 4) is 0 Å². The topological polar surface area (TPSA) is 59.7 Å². The number of aromatic nitrogens is 3. The molecule has 0 amide bonds. The predicted octanol–water partition coefficient (Wildman–Crippen LogP) is 0.830. The lowest BCUT2D eigenvalue weighted by atomic mass is 10.5. The lowest BCUT2D eigenvalue weighted by Gasteiger charge is -2.01. The van der Waals surface area contributed by atoms with Crippen LogP contribution in [0, 0.1) is 0 Å². The Labute approximate surface area is 97.4 Å². The van der Waals surface area contributed by atoms with Crippen molar-refractivity contribution in [2.75, 3.05) is 25.6 Å². The molecule has 0 unspecified atom stereocenters. The minimum absolute atomic E-state index is 0.0680. The third kappa shape index (κ3) is 2.72. The monoisotopic (exact) mass is 239 g/mol. The van der Waals surface area contributed by atoms with Gasteiger partial charge in [0.15, 0.2) is 10.8 Å². The zero-order valence-electron chi connectivity index (χ0n) is 8.74. The van der Waals surface area contributed by atoms with Gasteiger partial charge in [0.25, 0.3) is 0 Å². The van der Waals surface area contributed by atoms with Crippen LogP contribution in [0.15, 0.2) is 29.6 Å². The standard InChI is InChI=1S/C10H13N3O2S/c14-5-6-15-7-8-16-10-12-11-9-3-1-2-4-13(9)10/h1-4,14H,5-8H2. The number of aliphatic hydroxyl groups is 1. The summed E-state index contributed by atoms with van der Waals surface area (Å²) < 4.78 is 7.11. The maximum absolute atomic E-state index is 8.53. The number of thioether (sulfide) groups is 1. The van der Waals surface area contributed by atoms with Gasteiger partial charge in [-0.2, -0.15) is 0 Å². The molecule has 5 nitrogen and oxygen atoms in total. The Bertz CT molecular complexity index is 446. The molecular formula is C10H13N3O2S. The summed E-state index contributed by atoms with van der Waals surface area (Å²) in [7, 11) is 0. The predicted molar refractivity (Wildman–Crippen MR) is 61.6 cm³/mol. The average Bonchev–Trinajstić information content (AvgIpc) is 2.73. The summed E-state index contributed by atoms with van der Waals surface area (Å²) in [6.07, 6.45) is 1.94. The highest BCUT2D eigenvalue weighted by Crippen LogP contribution is 2.15. The van der Waals surface area contributed by atoms with Crippen LogP contribution in [0.5, 0.6) is 0 Å². The van der Waals surface area contributed by atoms with E-state index in [1.54, 1.807) is 11.8 Å². The molecule has 0 bridgehead atoms. The SMILES string of the molecule is OCCOCCSc1nnc2ccccn12. The molecule has 2 aromatic heterocycles. The first-order valence-electron chi connectivity index (χ1n) is 5.03. The molecule has 0 aromatic carbocycles. The van der Waals surface area contributed by atoms with Crippen LogP contribution in [0.2, 0.25) is 0 Å². The Morgan fingerprint density at radius 2 is 2.25 bits per heavy atom. The van der Waals surface area contributed by atoms with Gasteiger partial charge in [0.2, 0.25) is 0 Å². The Balaban J connectivity index is 1.89. The van der Waals surface area contributed by atoms with Gasteiger partial charge in [0.05, 0.1) is 19.8 Å². The number of pyridine rings is 1. The van der Waals surface area contributed by atoms with E-state index in [4.69, 9.17) is 9.84 Å². The fourth-order valence-electron chi connectivity index (χ4n) is 1.28. The van der Waals surface area contributed by atoms with Gasteiger partial charge in [-0.3, -0.25) is 4.40 Å². The molecular weight excluding hydrogens is 226 g/mol. The summed E-state index contributed by atoms with van der Waals surface area (Å²) in [5.74, 6) is 0.801. The van der Waals surface area contributed by atoms with E-state index < -0.39 is 0 Å². The van der Waals surface area contributed by atoms with Gasteiger partial charge in [-0.25, -0.2) is 0 Å². The number of fused-ring (bicyclic) bond motifs is 1. The highest BCUT2D eigenvalue weighted by Gasteiger charge is 2.03. The van der Waals surface area contributed by atoms with Crippen molar-refractivity contribution in [2.24, 2.45) is 0 Å². The van der Waals surface area contributed by atoms with Gasteiger partial charge in [-0.15, -0.1) is 10.2 Å².